The summed E-state index contributed by atoms with van der Waals surface area (Å²) in [4.78, 5) is 11.5. The molecule has 1 aromatic heterocycles. The number of sulfonamides is 1. The van der Waals surface area contributed by atoms with Crippen molar-refractivity contribution in [2.24, 2.45) is 5.14 Å². The summed E-state index contributed by atoms with van der Waals surface area (Å²) in [5.41, 5.74) is -4.46. The second-order valence-corrected chi connectivity index (χ2v) is 4.98. The number of halogens is 6. The highest BCUT2D eigenvalue weighted by Crippen LogP contribution is 2.45. The number of hydrogen-bond acceptors (Lipinski definition) is 6. The Morgan fingerprint density at radius 1 is 1.23 bits per heavy atom. The average Bonchev–Trinajstić information content (AvgIpc) is 2.22. The van der Waals surface area contributed by atoms with E-state index in [-0.39, 0.29) is 6.20 Å². The van der Waals surface area contributed by atoms with Crippen molar-refractivity contribution in [2.75, 3.05) is 0 Å². The van der Waals surface area contributed by atoms with Crippen molar-refractivity contribution in [3.8, 4) is 5.75 Å². The molecule has 0 bridgehead atoms. The van der Waals surface area contributed by atoms with Crippen molar-refractivity contribution in [1.82, 2.24) is 4.98 Å². The van der Waals surface area contributed by atoms with Crippen LogP contribution in [0.3, 0.4) is 0 Å². The van der Waals surface area contributed by atoms with Crippen molar-refractivity contribution in [3.63, 3.8) is 0 Å². The molecule has 0 aliphatic carbocycles. The highest BCUT2D eigenvalue weighted by Gasteiger charge is 2.48. The largest absolute Gasteiger partial charge is 0.573 e. The van der Waals surface area contributed by atoms with Crippen LogP contribution in [0.1, 0.15) is 5.56 Å². The average molecular weight is 355 g/mol. The fourth-order valence-electron chi connectivity index (χ4n) is 1.28. The van der Waals surface area contributed by atoms with Crippen LogP contribution in [0, 0.1) is 10.1 Å². The topological polar surface area (TPSA) is 125 Å². The Balaban J connectivity index is 3.91. The van der Waals surface area contributed by atoms with Gasteiger partial charge in [-0.3, -0.25) is 10.1 Å². The maximum Gasteiger partial charge on any atom is 0.573 e. The van der Waals surface area contributed by atoms with Crippen LogP contribution < -0.4 is 9.88 Å². The molecule has 0 aromatic carbocycles. The van der Waals surface area contributed by atoms with Gasteiger partial charge in [0.15, 0.2) is 5.03 Å². The van der Waals surface area contributed by atoms with E-state index < -0.39 is 49.5 Å². The molecule has 0 saturated carbocycles. The summed E-state index contributed by atoms with van der Waals surface area (Å²) in [6.07, 6.45) is -11.7. The normalized spacial score (nSPS) is 13.0. The van der Waals surface area contributed by atoms with Crippen molar-refractivity contribution >= 4 is 15.7 Å². The van der Waals surface area contributed by atoms with E-state index in [0.717, 1.165) is 0 Å². The van der Waals surface area contributed by atoms with Gasteiger partial charge in [-0.15, -0.1) is 13.2 Å². The second-order valence-electron chi connectivity index (χ2n) is 3.50. The molecule has 1 heterocycles. The van der Waals surface area contributed by atoms with Crippen LogP contribution in [0.15, 0.2) is 11.2 Å². The van der Waals surface area contributed by atoms with Crippen LogP contribution in [-0.2, 0) is 16.2 Å². The summed E-state index contributed by atoms with van der Waals surface area (Å²) in [7, 11) is -5.24. The Labute approximate surface area is 116 Å². The van der Waals surface area contributed by atoms with Crippen molar-refractivity contribution in [1.29, 1.82) is 0 Å². The summed E-state index contributed by atoms with van der Waals surface area (Å²) in [6.45, 7) is 0. The third-order valence-electron chi connectivity index (χ3n) is 1.95. The van der Waals surface area contributed by atoms with Crippen molar-refractivity contribution in [2.45, 2.75) is 17.6 Å². The fourth-order valence-corrected chi connectivity index (χ4v) is 1.98. The number of hydrogen-bond donors (Lipinski definition) is 1. The van der Waals surface area contributed by atoms with Gasteiger partial charge in [-0.1, -0.05) is 0 Å². The van der Waals surface area contributed by atoms with Crippen LogP contribution in [0.5, 0.6) is 5.75 Å². The van der Waals surface area contributed by atoms with Crippen LogP contribution in [0.4, 0.5) is 32.0 Å². The monoisotopic (exact) mass is 355 g/mol. The Morgan fingerprint density at radius 3 is 2.05 bits per heavy atom. The highest BCUT2D eigenvalue weighted by atomic mass is 32.2. The van der Waals surface area contributed by atoms with Gasteiger partial charge in [0.1, 0.15) is 11.8 Å². The molecule has 1 aromatic rings. The molecule has 0 aliphatic rings. The minimum atomic E-state index is -5.78. The van der Waals surface area contributed by atoms with Gasteiger partial charge in [0.05, 0.1) is 4.92 Å². The van der Waals surface area contributed by atoms with Crippen molar-refractivity contribution < 1.29 is 44.4 Å². The van der Waals surface area contributed by atoms with Gasteiger partial charge in [-0.25, -0.2) is 18.5 Å². The van der Waals surface area contributed by atoms with E-state index >= 15 is 0 Å². The third kappa shape index (κ3) is 3.94. The molecule has 0 aliphatic heterocycles. The number of ether oxygens (including phenoxy) is 1. The highest BCUT2D eigenvalue weighted by molar-refractivity contribution is 7.89. The lowest BCUT2D eigenvalue weighted by Gasteiger charge is -2.16. The zero-order valence-electron chi connectivity index (χ0n) is 9.77. The Bertz CT molecular complexity index is 713. The Hall–Kier alpha value is -2.16. The van der Waals surface area contributed by atoms with Gasteiger partial charge in [0, 0.05) is 0 Å². The molecule has 2 N–H and O–H groups in total. The van der Waals surface area contributed by atoms with E-state index in [9.17, 15) is 44.9 Å². The number of alkyl halides is 6. The first-order valence-electron chi connectivity index (χ1n) is 4.67. The van der Waals surface area contributed by atoms with Crippen LogP contribution >= 0.6 is 0 Å². The van der Waals surface area contributed by atoms with Gasteiger partial charge in [0.2, 0.25) is 5.75 Å². The van der Waals surface area contributed by atoms with Crippen molar-refractivity contribution in [3.05, 3.63) is 21.9 Å². The van der Waals surface area contributed by atoms with Gasteiger partial charge in [-0.05, 0) is 0 Å². The SMILES string of the molecule is NS(=O)(=O)c1ncc([N+](=O)[O-])c(OC(F)(F)F)c1C(F)(F)F. The zero-order chi connectivity index (χ0) is 17.5. The molecule has 0 fully saturated rings. The van der Waals surface area contributed by atoms with E-state index in [4.69, 9.17) is 0 Å². The summed E-state index contributed by atoms with van der Waals surface area (Å²) in [5, 5.41) is 12.9. The fraction of sp³-hybridized carbons (Fsp3) is 0.286. The lowest BCUT2D eigenvalue weighted by Crippen LogP contribution is -2.25. The van der Waals surface area contributed by atoms with Crippen LogP contribution in [0.25, 0.3) is 0 Å². The van der Waals surface area contributed by atoms with Gasteiger partial charge < -0.3 is 4.74 Å². The molecule has 22 heavy (non-hydrogen) atoms. The molecule has 124 valence electrons. The second kappa shape index (κ2) is 5.24. The minimum Gasteiger partial charge on any atom is -0.398 e. The molecular weight excluding hydrogens is 352 g/mol. The van der Waals surface area contributed by atoms with Gasteiger partial charge in [0.25, 0.3) is 10.0 Å². The molecular formula is C7H3F6N3O5S. The molecule has 1 rings (SSSR count). The number of nitrogens with two attached hydrogens (primary N) is 1. The summed E-state index contributed by atoms with van der Waals surface area (Å²) >= 11 is 0. The standard InChI is InChI=1S/C7H3F6N3O5S/c8-6(9,10)3-4(21-7(11,12)13)2(16(17)18)1-15-5(3)22(14,19)20/h1H,(H2,14,19,20). The predicted octanol–water partition coefficient (Wildman–Crippen LogP) is 1.55. The molecule has 0 radical (unpaired) electrons. The quantitative estimate of drug-likeness (QED) is 0.498. The minimum absolute atomic E-state index is 0.143. The van der Waals surface area contributed by atoms with E-state index in [1.807, 2.05) is 0 Å². The molecule has 0 amide bonds. The lowest BCUT2D eigenvalue weighted by atomic mass is 10.2. The first-order valence-corrected chi connectivity index (χ1v) is 6.22. The van der Waals surface area contributed by atoms with E-state index in [1.54, 1.807) is 0 Å². The summed E-state index contributed by atoms with van der Waals surface area (Å²) in [5.74, 6) is -2.37. The first-order chi connectivity index (χ1) is 9.64. The molecule has 0 atom stereocenters. The maximum absolute atomic E-state index is 12.8. The summed E-state index contributed by atoms with van der Waals surface area (Å²) in [6, 6.07) is 0. The maximum atomic E-state index is 12.8. The number of aromatic nitrogens is 1. The molecule has 0 saturated heterocycles. The zero-order valence-corrected chi connectivity index (χ0v) is 10.6. The summed E-state index contributed by atoms with van der Waals surface area (Å²) < 4.78 is 100.0. The number of nitro groups is 1. The van der Waals surface area contributed by atoms with Crippen LogP contribution in [-0.4, -0.2) is 24.7 Å². The van der Waals surface area contributed by atoms with E-state index in [2.05, 4.69) is 14.9 Å². The molecule has 8 nitrogen and oxygen atoms in total. The molecule has 15 heteroatoms. The molecule has 0 spiro atoms. The number of primary sulfonamides is 1. The smallest absolute Gasteiger partial charge is 0.398 e. The number of pyridine rings is 1. The Morgan fingerprint density at radius 2 is 1.73 bits per heavy atom. The van der Waals surface area contributed by atoms with E-state index in [1.165, 1.54) is 0 Å². The van der Waals surface area contributed by atoms with Crippen LogP contribution in [0.2, 0.25) is 0 Å². The molecule has 0 unspecified atom stereocenters. The Kier molecular flexibility index (Phi) is 4.26. The van der Waals surface area contributed by atoms with E-state index in [0.29, 0.717) is 0 Å². The third-order valence-corrected chi connectivity index (χ3v) is 2.79. The lowest BCUT2D eigenvalue weighted by molar-refractivity contribution is -0.389. The van der Waals surface area contributed by atoms with Gasteiger partial charge in [-0.2, -0.15) is 13.2 Å². The predicted molar refractivity (Wildman–Crippen MR) is 53.9 cm³/mol. The van der Waals surface area contributed by atoms with Gasteiger partial charge >= 0.3 is 18.2 Å². The number of nitrogens with zero attached hydrogens (tertiary/aromatic N) is 2. The number of rotatable bonds is 3. The first kappa shape index (κ1) is 17.9.